The lowest BCUT2D eigenvalue weighted by molar-refractivity contribution is 0.354. The largest absolute Gasteiger partial charge is 0.383 e. The van der Waals surface area contributed by atoms with Gasteiger partial charge in [0.2, 0.25) is 0 Å². The summed E-state index contributed by atoms with van der Waals surface area (Å²) < 4.78 is 2.02. The SMILES string of the molecule is Cl.Nc1ncnc2c1c(-c1ccnc3ccccc13)nn2[C@@H]1CCCNC1. The second kappa shape index (κ2) is 7.09. The van der Waals surface area contributed by atoms with E-state index in [2.05, 4.69) is 26.3 Å². The van der Waals surface area contributed by atoms with Crippen molar-refractivity contribution in [2.75, 3.05) is 18.8 Å². The van der Waals surface area contributed by atoms with Crippen molar-refractivity contribution in [1.29, 1.82) is 0 Å². The van der Waals surface area contributed by atoms with E-state index in [9.17, 15) is 0 Å². The number of anilines is 1. The summed E-state index contributed by atoms with van der Waals surface area (Å²) in [5, 5.41) is 10.3. The number of nitrogen functional groups attached to an aromatic ring is 1. The summed E-state index contributed by atoms with van der Waals surface area (Å²) in [5.74, 6) is 0.459. The number of nitrogens with zero attached hydrogens (tertiary/aromatic N) is 5. The first-order valence-corrected chi connectivity index (χ1v) is 8.86. The molecule has 1 saturated heterocycles. The molecule has 0 aliphatic carbocycles. The average Bonchev–Trinajstić information content (AvgIpc) is 3.09. The van der Waals surface area contributed by atoms with Crippen molar-refractivity contribution in [2.24, 2.45) is 0 Å². The third-order valence-electron chi connectivity index (χ3n) is 5.04. The summed E-state index contributed by atoms with van der Waals surface area (Å²) in [4.78, 5) is 13.2. The van der Waals surface area contributed by atoms with Gasteiger partial charge in [0.1, 0.15) is 17.8 Å². The molecule has 4 heterocycles. The molecule has 1 aliphatic heterocycles. The third-order valence-corrected chi connectivity index (χ3v) is 5.04. The van der Waals surface area contributed by atoms with Gasteiger partial charge in [-0.15, -0.1) is 12.4 Å². The highest BCUT2D eigenvalue weighted by Crippen LogP contribution is 2.35. The molecule has 0 unspecified atom stereocenters. The van der Waals surface area contributed by atoms with E-state index in [4.69, 9.17) is 10.8 Å². The van der Waals surface area contributed by atoms with E-state index < -0.39 is 0 Å². The van der Waals surface area contributed by atoms with Gasteiger partial charge in [0.05, 0.1) is 16.9 Å². The molecular weight excluding hydrogens is 362 g/mol. The Hall–Kier alpha value is -2.77. The van der Waals surface area contributed by atoms with Gasteiger partial charge in [0.25, 0.3) is 0 Å². The second-order valence-electron chi connectivity index (χ2n) is 6.63. The molecule has 1 fully saturated rings. The van der Waals surface area contributed by atoms with Crippen molar-refractivity contribution < 1.29 is 0 Å². The Morgan fingerprint density at radius 3 is 2.85 bits per heavy atom. The van der Waals surface area contributed by atoms with Gasteiger partial charge < -0.3 is 11.1 Å². The maximum Gasteiger partial charge on any atom is 0.164 e. The highest BCUT2D eigenvalue weighted by atomic mass is 35.5. The molecule has 0 radical (unpaired) electrons. The van der Waals surface area contributed by atoms with Crippen molar-refractivity contribution >= 4 is 40.2 Å². The topological polar surface area (TPSA) is 94.5 Å². The van der Waals surface area contributed by atoms with Gasteiger partial charge in [-0.1, -0.05) is 18.2 Å². The first-order chi connectivity index (χ1) is 12.8. The van der Waals surface area contributed by atoms with Crippen LogP contribution in [0.2, 0.25) is 0 Å². The van der Waals surface area contributed by atoms with E-state index in [1.54, 1.807) is 0 Å². The molecule has 1 aliphatic rings. The number of hydrogen-bond acceptors (Lipinski definition) is 6. The molecule has 0 amide bonds. The van der Waals surface area contributed by atoms with Crippen molar-refractivity contribution in [2.45, 2.75) is 18.9 Å². The Labute approximate surface area is 162 Å². The van der Waals surface area contributed by atoms with E-state index in [0.29, 0.717) is 5.82 Å². The van der Waals surface area contributed by atoms with Crippen LogP contribution in [0.25, 0.3) is 33.2 Å². The van der Waals surface area contributed by atoms with Gasteiger partial charge in [0, 0.05) is 23.7 Å². The predicted octanol–water partition coefficient (Wildman–Crippen LogP) is 2.97. The quantitative estimate of drug-likeness (QED) is 0.554. The number of rotatable bonds is 2. The van der Waals surface area contributed by atoms with Crippen molar-refractivity contribution in [1.82, 2.24) is 30.0 Å². The molecule has 0 spiro atoms. The maximum atomic E-state index is 6.25. The number of piperidine rings is 1. The third kappa shape index (κ3) is 2.89. The summed E-state index contributed by atoms with van der Waals surface area (Å²) in [6.45, 7) is 1.94. The standard InChI is InChI=1S/C19H19N7.ClH/c20-18-16-17(14-7-9-22-15-6-2-1-5-13(14)15)25-26(19(16)24-11-23-18)12-4-3-8-21-10-12;/h1-2,5-7,9,11-12,21H,3-4,8,10H2,(H2,20,23,24);1H/t12-;/m1./s1. The zero-order chi connectivity index (χ0) is 17.5. The van der Waals surface area contributed by atoms with Crippen LogP contribution >= 0.6 is 12.4 Å². The average molecular weight is 382 g/mol. The lowest BCUT2D eigenvalue weighted by atomic mass is 10.0. The fraction of sp³-hybridized carbons (Fsp3) is 0.263. The van der Waals surface area contributed by atoms with Crippen LogP contribution in [0.1, 0.15) is 18.9 Å². The normalized spacial score (nSPS) is 17.1. The smallest absolute Gasteiger partial charge is 0.164 e. The van der Waals surface area contributed by atoms with Gasteiger partial charge in [-0.25, -0.2) is 14.6 Å². The van der Waals surface area contributed by atoms with Crippen LogP contribution in [0.15, 0.2) is 42.9 Å². The molecule has 3 N–H and O–H groups in total. The zero-order valence-electron chi connectivity index (χ0n) is 14.7. The summed E-state index contributed by atoms with van der Waals surface area (Å²) >= 11 is 0. The molecule has 5 rings (SSSR count). The summed E-state index contributed by atoms with van der Waals surface area (Å²) in [7, 11) is 0. The minimum Gasteiger partial charge on any atom is -0.383 e. The summed E-state index contributed by atoms with van der Waals surface area (Å²) in [6, 6.07) is 10.3. The maximum absolute atomic E-state index is 6.25. The van der Waals surface area contributed by atoms with Gasteiger partial charge in [0.15, 0.2) is 5.65 Å². The first kappa shape index (κ1) is 17.6. The molecule has 27 heavy (non-hydrogen) atoms. The van der Waals surface area contributed by atoms with E-state index >= 15 is 0 Å². The molecular formula is C19H20ClN7. The lowest BCUT2D eigenvalue weighted by Crippen LogP contribution is -2.32. The second-order valence-corrected chi connectivity index (χ2v) is 6.63. The van der Waals surface area contributed by atoms with Crippen LogP contribution in [-0.2, 0) is 0 Å². The van der Waals surface area contributed by atoms with Gasteiger partial charge in [-0.2, -0.15) is 5.10 Å². The van der Waals surface area contributed by atoms with Crippen LogP contribution in [0.5, 0.6) is 0 Å². The van der Waals surface area contributed by atoms with E-state index in [0.717, 1.165) is 59.1 Å². The van der Waals surface area contributed by atoms with Crippen LogP contribution < -0.4 is 11.1 Å². The van der Waals surface area contributed by atoms with Crippen LogP contribution in [0.3, 0.4) is 0 Å². The Balaban J connectivity index is 0.00000180. The van der Waals surface area contributed by atoms with E-state index in [1.165, 1.54) is 6.33 Å². The molecule has 138 valence electrons. The minimum atomic E-state index is 0. The highest BCUT2D eigenvalue weighted by molar-refractivity contribution is 6.05. The molecule has 1 aromatic carbocycles. The Morgan fingerprint density at radius 2 is 2.00 bits per heavy atom. The lowest BCUT2D eigenvalue weighted by Gasteiger charge is -2.23. The summed E-state index contributed by atoms with van der Waals surface area (Å²) in [6.07, 6.45) is 5.52. The number of fused-ring (bicyclic) bond motifs is 2. The molecule has 1 atom stereocenters. The molecule has 0 bridgehead atoms. The van der Waals surface area contributed by atoms with Crippen LogP contribution in [0.4, 0.5) is 5.82 Å². The van der Waals surface area contributed by atoms with Crippen LogP contribution in [0, 0.1) is 0 Å². The number of hydrogen-bond donors (Lipinski definition) is 2. The van der Waals surface area contributed by atoms with Crippen LogP contribution in [-0.4, -0.2) is 37.8 Å². The number of nitrogens with two attached hydrogens (primary N) is 1. The van der Waals surface area contributed by atoms with Crippen molar-refractivity contribution in [3.8, 4) is 11.3 Å². The van der Waals surface area contributed by atoms with Crippen molar-refractivity contribution in [3.05, 3.63) is 42.9 Å². The van der Waals surface area contributed by atoms with Gasteiger partial charge >= 0.3 is 0 Å². The van der Waals surface area contributed by atoms with E-state index in [1.807, 2.05) is 35.1 Å². The monoisotopic (exact) mass is 381 g/mol. The van der Waals surface area contributed by atoms with Gasteiger partial charge in [-0.05, 0) is 31.5 Å². The Bertz CT molecular complexity index is 1100. The molecule has 8 heteroatoms. The van der Waals surface area contributed by atoms with Crippen molar-refractivity contribution in [3.63, 3.8) is 0 Å². The Kier molecular flexibility index (Phi) is 4.63. The number of benzene rings is 1. The molecule has 3 aromatic heterocycles. The predicted molar refractivity (Wildman–Crippen MR) is 109 cm³/mol. The fourth-order valence-corrected chi connectivity index (χ4v) is 3.78. The summed E-state index contributed by atoms with van der Waals surface area (Å²) in [5.41, 5.74) is 9.80. The number of para-hydroxylation sites is 1. The number of aromatic nitrogens is 5. The Morgan fingerprint density at radius 1 is 1.11 bits per heavy atom. The number of halogens is 1. The first-order valence-electron chi connectivity index (χ1n) is 8.86. The van der Waals surface area contributed by atoms with Gasteiger partial charge in [-0.3, -0.25) is 4.98 Å². The molecule has 0 saturated carbocycles. The minimum absolute atomic E-state index is 0. The fourth-order valence-electron chi connectivity index (χ4n) is 3.78. The number of pyridine rings is 1. The van der Waals surface area contributed by atoms with E-state index in [-0.39, 0.29) is 18.4 Å². The molecule has 7 nitrogen and oxygen atoms in total. The highest BCUT2D eigenvalue weighted by Gasteiger charge is 2.24. The molecule has 4 aromatic rings. The number of nitrogens with one attached hydrogen (secondary N) is 1. The zero-order valence-corrected chi connectivity index (χ0v) is 15.5.